The van der Waals surface area contributed by atoms with Gasteiger partial charge in [-0.3, -0.25) is 0 Å². The molecule has 1 aromatic heterocycles. The first-order chi connectivity index (χ1) is 4.97. The molecule has 0 fully saturated rings. The highest BCUT2D eigenvalue weighted by molar-refractivity contribution is 5.84. The van der Waals surface area contributed by atoms with Crippen molar-refractivity contribution in [2.75, 3.05) is 0 Å². The van der Waals surface area contributed by atoms with E-state index in [9.17, 15) is 0 Å². The molecule has 1 aromatic rings. The first-order valence-electron chi connectivity index (χ1n) is 2.88. The lowest BCUT2D eigenvalue weighted by Crippen LogP contribution is -2.09. The Morgan fingerprint density at radius 3 is 3.20 bits per heavy atom. The van der Waals surface area contributed by atoms with E-state index in [1.54, 1.807) is 23.7 Å². The average Bonchev–Trinajstić information content (AvgIpc) is 2.59. The highest BCUT2D eigenvalue weighted by Crippen LogP contribution is 2.04. The van der Waals surface area contributed by atoms with E-state index in [0.29, 0.717) is 6.42 Å². The molecular formula is C5H5N4O. The Bertz CT molecular complexity index is 240. The van der Waals surface area contributed by atoms with Crippen molar-refractivity contribution in [1.29, 1.82) is 0 Å². The van der Waals surface area contributed by atoms with Gasteiger partial charge in [0.15, 0.2) is 12.4 Å². The van der Waals surface area contributed by atoms with Gasteiger partial charge in [-0.25, -0.2) is 4.68 Å². The summed E-state index contributed by atoms with van der Waals surface area (Å²) in [4.78, 5) is 4.66. The van der Waals surface area contributed by atoms with Gasteiger partial charge >= 0.3 is 0 Å². The van der Waals surface area contributed by atoms with Crippen molar-refractivity contribution in [3.05, 3.63) is 19.0 Å². The zero-order chi connectivity index (χ0) is 6.81. The lowest BCUT2D eigenvalue weighted by atomic mass is 10.4. The zero-order valence-electron chi connectivity index (χ0n) is 5.14. The number of aromatic nitrogens is 3. The second-order valence-electron chi connectivity index (χ2n) is 1.83. The van der Waals surface area contributed by atoms with Gasteiger partial charge in [0.25, 0.3) is 0 Å². The first-order valence-corrected chi connectivity index (χ1v) is 2.88. The minimum atomic E-state index is 0.684. The summed E-state index contributed by atoms with van der Waals surface area (Å²) in [5.41, 5.74) is 0. The van der Waals surface area contributed by atoms with Crippen LogP contribution in [0.2, 0.25) is 0 Å². The Labute approximate surface area is 57.3 Å². The van der Waals surface area contributed by atoms with Gasteiger partial charge in [-0.2, -0.15) is 0 Å². The van der Waals surface area contributed by atoms with Gasteiger partial charge in [0, 0.05) is 0 Å². The van der Waals surface area contributed by atoms with Gasteiger partial charge in [-0.05, 0) is 0 Å². The van der Waals surface area contributed by atoms with Gasteiger partial charge in [0.05, 0.1) is 18.8 Å². The van der Waals surface area contributed by atoms with E-state index < -0.39 is 0 Å². The standard InChI is InChI=1S/C5H5N4O/c1-4-10-7-5(1)9-3-2-6-8-9/h2-4H,1H2. The predicted molar refractivity (Wildman–Crippen MR) is 32.9 cm³/mol. The number of hydrogen-bond donors (Lipinski definition) is 0. The van der Waals surface area contributed by atoms with Crippen LogP contribution in [0.3, 0.4) is 0 Å². The molecule has 0 saturated heterocycles. The Morgan fingerprint density at radius 2 is 2.60 bits per heavy atom. The summed E-state index contributed by atoms with van der Waals surface area (Å²) in [7, 11) is 0. The van der Waals surface area contributed by atoms with Crippen LogP contribution >= 0.6 is 0 Å². The Morgan fingerprint density at radius 1 is 1.60 bits per heavy atom. The Kier molecular flexibility index (Phi) is 1.13. The molecule has 1 aliphatic rings. The number of oxime groups is 1. The molecule has 0 aliphatic carbocycles. The second kappa shape index (κ2) is 2.09. The van der Waals surface area contributed by atoms with Crippen LogP contribution in [0.4, 0.5) is 0 Å². The van der Waals surface area contributed by atoms with Crippen LogP contribution in [0.5, 0.6) is 0 Å². The number of hydrogen-bond acceptors (Lipinski definition) is 4. The van der Waals surface area contributed by atoms with Crippen LogP contribution in [0, 0.1) is 6.61 Å². The zero-order valence-corrected chi connectivity index (χ0v) is 5.14. The average molecular weight is 137 g/mol. The lowest BCUT2D eigenvalue weighted by Gasteiger charge is -1.90. The number of nitrogens with zero attached hydrogens (tertiary/aromatic N) is 4. The highest BCUT2D eigenvalue weighted by atomic mass is 16.6. The summed E-state index contributed by atoms with van der Waals surface area (Å²) in [5, 5.41) is 11.1. The van der Waals surface area contributed by atoms with Crippen LogP contribution < -0.4 is 0 Å². The summed E-state index contributed by atoms with van der Waals surface area (Å²) in [6.45, 7) is 1.61. The maximum absolute atomic E-state index is 4.66. The molecule has 5 nitrogen and oxygen atoms in total. The molecule has 0 aromatic carbocycles. The molecule has 0 amide bonds. The van der Waals surface area contributed by atoms with Crippen molar-refractivity contribution in [3.8, 4) is 0 Å². The topological polar surface area (TPSA) is 52.3 Å². The summed E-state index contributed by atoms with van der Waals surface area (Å²) >= 11 is 0. The summed E-state index contributed by atoms with van der Waals surface area (Å²) in [5.74, 6) is 0.762. The van der Waals surface area contributed by atoms with E-state index in [1.807, 2.05) is 0 Å². The smallest absolute Gasteiger partial charge is 0.174 e. The molecule has 0 unspecified atom stereocenters. The SMILES string of the molecule is [CH]1CC(n2ccnn2)=NO1. The van der Waals surface area contributed by atoms with E-state index in [4.69, 9.17) is 0 Å². The molecule has 2 heterocycles. The van der Waals surface area contributed by atoms with Crippen LogP contribution in [0.25, 0.3) is 0 Å². The van der Waals surface area contributed by atoms with E-state index in [1.165, 1.54) is 0 Å². The highest BCUT2D eigenvalue weighted by Gasteiger charge is 2.10. The molecule has 1 radical (unpaired) electrons. The summed E-state index contributed by atoms with van der Waals surface area (Å²) in [6, 6.07) is 0. The van der Waals surface area contributed by atoms with Crippen LogP contribution in [0.1, 0.15) is 6.42 Å². The molecule has 1 aliphatic heterocycles. The lowest BCUT2D eigenvalue weighted by molar-refractivity contribution is 0.234. The van der Waals surface area contributed by atoms with Crippen molar-refractivity contribution in [2.45, 2.75) is 6.42 Å². The van der Waals surface area contributed by atoms with Crippen molar-refractivity contribution >= 4 is 5.84 Å². The third-order valence-corrected chi connectivity index (χ3v) is 1.19. The molecule has 0 spiro atoms. The molecule has 0 saturated carbocycles. The summed E-state index contributed by atoms with van der Waals surface area (Å²) in [6.07, 6.45) is 4.01. The van der Waals surface area contributed by atoms with E-state index >= 15 is 0 Å². The minimum Gasteiger partial charge on any atom is -0.386 e. The number of rotatable bonds is 0. The van der Waals surface area contributed by atoms with Crippen molar-refractivity contribution < 1.29 is 4.84 Å². The van der Waals surface area contributed by atoms with Gasteiger partial charge in [-0.15, -0.1) is 5.10 Å². The molecule has 10 heavy (non-hydrogen) atoms. The fourth-order valence-corrected chi connectivity index (χ4v) is 0.728. The van der Waals surface area contributed by atoms with Crippen LogP contribution in [-0.4, -0.2) is 20.8 Å². The molecule has 5 heteroatoms. The maximum atomic E-state index is 4.66. The van der Waals surface area contributed by atoms with Crippen molar-refractivity contribution in [2.24, 2.45) is 5.16 Å². The molecule has 0 N–H and O–H groups in total. The second-order valence-corrected chi connectivity index (χ2v) is 1.83. The Hall–Kier alpha value is -1.39. The van der Waals surface area contributed by atoms with Crippen molar-refractivity contribution in [3.63, 3.8) is 0 Å². The quantitative estimate of drug-likeness (QED) is 0.506. The fourth-order valence-electron chi connectivity index (χ4n) is 0.728. The normalized spacial score (nSPS) is 16.6. The molecule has 0 bridgehead atoms. The van der Waals surface area contributed by atoms with Gasteiger partial charge in [-0.1, -0.05) is 10.4 Å². The third-order valence-electron chi connectivity index (χ3n) is 1.19. The van der Waals surface area contributed by atoms with Gasteiger partial charge < -0.3 is 4.84 Å². The van der Waals surface area contributed by atoms with Gasteiger partial charge in [0.2, 0.25) is 0 Å². The maximum Gasteiger partial charge on any atom is 0.174 e. The monoisotopic (exact) mass is 137 g/mol. The molecule has 51 valence electrons. The van der Waals surface area contributed by atoms with E-state index in [2.05, 4.69) is 20.3 Å². The minimum absolute atomic E-state index is 0.684. The van der Waals surface area contributed by atoms with E-state index in [-0.39, 0.29) is 0 Å². The molecular weight excluding hydrogens is 132 g/mol. The summed E-state index contributed by atoms with van der Waals surface area (Å²) < 4.78 is 1.57. The fraction of sp³-hybridized carbons (Fsp3) is 0.200. The first kappa shape index (κ1) is 5.40. The van der Waals surface area contributed by atoms with Crippen LogP contribution in [-0.2, 0) is 4.84 Å². The predicted octanol–water partition coefficient (Wildman–Crippen LogP) is 0.0218. The third kappa shape index (κ3) is 0.754. The Balaban J connectivity index is 2.28. The van der Waals surface area contributed by atoms with Gasteiger partial charge in [0.1, 0.15) is 0 Å². The van der Waals surface area contributed by atoms with E-state index in [0.717, 1.165) is 5.84 Å². The van der Waals surface area contributed by atoms with Crippen molar-refractivity contribution in [1.82, 2.24) is 15.0 Å². The largest absolute Gasteiger partial charge is 0.386 e. The molecule has 0 atom stereocenters. The van der Waals surface area contributed by atoms with Crippen LogP contribution in [0.15, 0.2) is 17.5 Å². The molecule has 2 rings (SSSR count).